The quantitative estimate of drug-likeness (QED) is 0.454. The fourth-order valence-corrected chi connectivity index (χ4v) is 7.44. The van der Waals surface area contributed by atoms with Crippen LogP contribution in [-0.4, -0.2) is 97.3 Å². The molecule has 1 N–H and O–H groups in total. The van der Waals surface area contributed by atoms with Crippen LogP contribution in [0.1, 0.15) is 0 Å². The highest BCUT2D eigenvalue weighted by molar-refractivity contribution is 7.91. The van der Waals surface area contributed by atoms with Crippen molar-refractivity contribution in [1.29, 1.82) is 0 Å². The number of thiophene rings is 1. The summed E-state index contributed by atoms with van der Waals surface area (Å²) in [6.45, 7) is 5.03. The van der Waals surface area contributed by atoms with Crippen LogP contribution >= 0.6 is 11.3 Å². The van der Waals surface area contributed by atoms with Crippen LogP contribution in [0.2, 0.25) is 0 Å². The van der Waals surface area contributed by atoms with E-state index in [-0.39, 0.29) is 0 Å². The second kappa shape index (κ2) is 8.54. The van der Waals surface area contributed by atoms with E-state index in [4.69, 9.17) is 14.7 Å². The van der Waals surface area contributed by atoms with Gasteiger partial charge in [-0.15, -0.1) is 11.3 Å². The summed E-state index contributed by atoms with van der Waals surface area (Å²) in [5, 5.41) is 8.08. The predicted octanol–water partition coefficient (Wildman–Crippen LogP) is 2.01. The Labute approximate surface area is 201 Å². The highest BCUT2D eigenvalue weighted by Crippen LogP contribution is 2.38. The molecule has 10 nitrogen and oxygen atoms in total. The van der Waals surface area contributed by atoms with Gasteiger partial charge in [0.2, 0.25) is 0 Å². The number of ether oxygens (including phenoxy) is 1. The summed E-state index contributed by atoms with van der Waals surface area (Å²) < 4.78 is 35.2. The molecule has 0 unspecified atom stereocenters. The number of sulfonamides is 1. The highest BCUT2D eigenvalue weighted by atomic mass is 32.2. The summed E-state index contributed by atoms with van der Waals surface area (Å²) in [6, 6.07) is 7.57. The van der Waals surface area contributed by atoms with Crippen molar-refractivity contribution in [1.82, 2.24) is 29.4 Å². The van der Waals surface area contributed by atoms with Crippen molar-refractivity contribution in [3.8, 4) is 11.4 Å². The van der Waals surface area contributed by atoms with Gasteiger partial charge in [0.25, 0.3) is 10.0 Å². The van der Waals surface area contributed by atoms with E-state index in [9.17, 15) is 8.42 Å². The third-order valence-electron chi connectivity index (χ3n) is 6.42. The van der Waals surface area contributed by atoms with Gasteiger partial charge in [-0.05, 0) is 19.2 Å². The second-order valence-corrected chi connectivity index (χ2v) is 11.8. The Morgan fingerprint density at radius 3 is 2.65 bits per heavy atom. The minimum atomic E-state index is -3.60. The minimum absolute atomic E-state index is 0.314. The van der Waals surface area contributed by atoms with Gasteiger partial charge in [-0.2, -0.15) is 9.40 Å². The van der Waals surface area contributed by atoms with E-state index < -0.39 is 10.0 Å². The summed E-state index contributed by atoms with van der Waals surface area (Å²) in [7, 11) is -1.59. The predicted molar refractivity (Wildman–Crippen MR) is 132 cm³/mol. The molecule has 0 bridgehead atoms. The van der Waals surface area contributed by atoms with Crippen molar-refractivity contribution in [2.24, 2.45) is 0 Å². The van der Waals surface area contributed by atoms with Crippen LogP contribution < -0.4 is 4.90 Å². The number of nitrogens with one attached hydrogen (secondary N) is 1. The van der Waals surface area contributed by atoms with Crippen molar-refractivity contribution in [2.75, 3.05) is 64.4 Å². The number of nitrogens with zero attached hydrogens (tertiary/aromatic N) is 6. The number of fused-ring (bicyclic) bond motifs is 2. The summed E-state index contributed by atoms with van der Waals surface area (Å²) in [5.41, 5.74) is 2.40. The van der Waals surface area contributed by atoms with E-state index in [0.29, 0.717) is 54.9 Å². The minimum Gasteiger partial charge on any atom is -0.378 e. The number of likely N-dealkylation sites (N-methyl/N-ethyl adjacent to an activating group) is 1. The second-order valence-electron chi connectivity index (χ2n) is 8.59. The number of H-pyrrole nitrogens is 1. The number of aromatic nitrogens is 4. The van der Waals surface area contributed by atoms with Gasteiger partial charge in [0.1, 0.15) is 4.21 Å². The first-order valence-corrected chi connectivity index (χ1v) is 13.5. The van der Waals surface area contributed by atoms with Gasteiger partial charge >= 0.3 is 0 Å². The molecule has 4 aromatic rings. The zero-order valence-corrected chi connectivity index (χ0v) is 20.4. The van der Waals surface area contributed by atoms with Crippen LogP contribution in [0.3, 0.4) is 0 Å². The van der Waals surface area contributed by atoms with Gasteiger partial charge in [-0.25, -0.2) is 18.4 Å². The van der Waals surface area contributed by atoms with Crippen LogP contribution in [0.4, 0.5) is 5.82 Å². The summed E-state index contributed by atoms with van der Waals surface area (Å²) >= 11 is 1.26. The largest absolute Gasteiger partial charge is 0.378 e. The first-order valence-electron chi connectivity index (χ1n) is 11.3. The molecule has 2 fully saturated rings. The third kappa shape index (κ3) is 3.75. The van der Waals surface area contributed by atoms with E-state index >= 15 is 0 Å². The van der Waals surface area contributed by atoms with Crippen molar-refractivity contribution >= 4 is 48.3 Å². The zero-order chi connectivity index (χ0) is 23.3. The van der Waals surface area contributed by atoms with Crippen molar-refractivity contribution < 1.29 is 13.2 Å². The highest BCUT2D eigenvalue weighted by Gasteiger charge is 2.31. The van der Waals surface area contributed by atoms with Crippen molar-refractivity contribution in [3.63, 3.8) is 0 Å². The molecule has 5 heterocycles. The first kappa shape index (κ1) is 21.9. The lowest BCUT2D eigenvalue weighted by Crippen LogP contribution is -2.46. The van der Waals surface area contributed by atoms with Gasteiger partial charge < -0.3 is 14.5 Å². The van der Waals surface area contributed by atoms with Gasteiger partial charge in [-0.1, -0.05) is 12.1 Å². The Balaban J connectivity index is 1.50. The molecule has 178 valence electrons. The van der Waals surface area contributed by atoms with E-state index in [1.807, 2.05) is 25.2 Å². The fourth-order valence-electron chi connectivity index (χ4n) is 4.45. The maximum Gasteiger partial charge on any atom is 0.252 e. The molecule has 34 heavy (non-hydrogen) atoms. The average Bonchev–Trinajstić information content (AvgIpc) is 3.51. The number of aromatic amines is 1. The topological polar surface area (TPSA) is 108 Å². The number of hydrogen-bond acceptors (Lipinski definition) is 9. The van der Waals surface area contributed by atoms with E-state index in [1.54, 1.807) is 16.6 Å². The molecule has 0 radical (unpaired) electrons. The summed E-state index contributed by atoms with van der Waals surface area (Å²) in [5.74, 6) is 1.32. The normalized spacial score (nSPS) is 18.8. The number of anilines is 1. The Morgan fingerprint density at radius 2 is 1.85 bits per heavy atom. The van der Waals surface area contributed by atoms with Crippen LogP contribution in [0.25, 0.3) is 32.5 Å². The van der Waals surface area contributed by atoms with Gasteiger partial charge in [0, 0.05) is 50.2 Å². The smallest absolute Gasteiger partial charge is 0.252 e. The third-order valence-corrected chi connectivity index (χ3v) is 9.89. The van der Waals surface area contributed by atoms with Crippen LogP contribution in [0.15, 0.2) is 34.7 Å². The SMILES string of the molecule is CN1CCN(S(=O)(=O)c2cc3nc(-c4cccc5[nH]ncc45)nc(N4CCOCC4)c3s2)CC1. The van der Waals surface area contributed by atoms with E-state index in [0.717, 1.165) is 40.1 Å². The number of piperazine rings is 1. The van der Waals surface area contributed by atoms with Crippen molar-refractivity contribution in [2.45, 2.75) is 4.21 Å². The molecule has 12 heteroatoms. The maximum atomic E-state index is 13.5. The van der Waals surface area contributed by atoms with Crippen LogP contribution in [-0.2, 0) is 14.8 Å². The molecule has 0 spiro atoms. The van der Waals surface area contributed by atoms with Crippen LogP contribution in [0, 0.1) is 0 Å². The standard InChI is InChI=1S/C22H25N7O3S2/c1-27-5-7-29(8-6-27)34(30,31)19-13-18-20(33-19)22(28-9-11-32-12-10-28)25-21(24-18)15-3-2-4-17-16(15)14-23-26-17/h2-4,13-14H,5-12H2,1H3,(H,23,26). The average molecular weight is 500 g/mol. The lowest BCUT2D eigenvalue weighted by Gasteiger charge is -2.31. The molecule has 0 aliphatic carbocycles. The van der Waals surface area contributed by atoms with Crippen molar-refractivity contribution in [3.05, 3.63) is 30.5 Å². The van der Waals surface area contributed by atoms with Crippen LogP contribution in [0.5, 0.6) is 0 Å². The Morgan fingerprint density at radius 1 is 1.06 bits per heavy atom. The molecule has 0 atom stereocenters. The fraction of sp³-hybridized carbons (Fsp3) is 0.409. The molecule has 0 saturated carbocycles. The molecule has 1 aromatic carbocycles. The molecule has 2 aliphatic rings. The first-order chi connectivity index (χ1) is 16.5. The summed E-state index contributed by atoms with van der Waals surface area (Å²) in [6.07, 6.45) is 1.77. The monoisotopic (exact) mass is 499 g/mol. The molecule has 2 saturated heterocycles. The molecule has 2 aliphatic heterocycles. The maximum absolute atomic E-state index is 13.5. The lowest BCUT2D eigenvalue weighted by molar-refractivity contribution is 0.122. The van der Waals surface area contributed by atoms with Gasteiger partial charge in [0.15, 0.2) is 11.6 Å². The summed E-state index contributed by atoms with van der Waals surface area (Å²) in [4.78, 5) is 14.1. The lowest BCUT2D eigenvalue weighted by atomic mass is 10.1. The number of rotatable bonds is 4. The Hall–Kier alpha value is -2.64. The molecule has 3 aromatic heterocycles. The Bertz CT molecular complexity index is 1450. The Kier molecular flexibility index (Phi) is 5.49. The number of morpholine rings is 1. The number of hydrogen-bond donors (Lipinski definition) is 1. The molecule has 0 amide bonds. The number of benzene rings is 1. The van der Waals surface area contributed by atoms with Gasteiger partial charge in [-0.3, -0.25) is 5.10 Å². The van der Waals surface area contributed by atoms with E-state index in [2.05, 4.69) is 20.0 Å². The molecular formula is C22H25N7O3S2. The zero-order valence-electron chi connectivity index (χ0n) is 18.8. The van der Waals surface area contributed by atoms with Gasteiger partial charge in [0.05, 0.1) is 35.1 Å². The molecular weight excluding hydrogens is 474 g/mol. The molecule has 6 rings (SSSR count). The van der Waals surface area contributed by atoms with E-state index in [1.165, 1.54) is 11.3 Å².